The number of hydrogen-bond acceptors (Lipinski definition) is 4. The molecule has 2 heterocycles. The van der Waals surface area contributed by atoms with Gasteiger partial charge in [0.25, 0.3) is 5.91 Å². The van der Waals surface area contributed by atoms with E-state index >= 15 is 0 Å². The van der Waals surface area contributed by atoms with Gasteiger partial charge in [-0.25, -0.2) is 0 Å². The topological polar surface area (TPSA) is 48.0 Å². The van der Waals surface area contributed by atoms with Crippen molar-refractivity contribution in [1.29, 1.82) is 0 Å². The highest BCUT2D eigenvalue weighted by Gasteiger charge is 2.55. The molecule has 2 aliphatic rings. The summed E-state index contributed by atoms with van der Waals surface area (Å²) < 4.78 is 17.2. The van der Waals surface area contributed by atoms with Crippen LogP contribution in [-0.4, -0.2) is 26.7 Å². The molecule has 0 saturated heterocycles. The summed E-state index contributed by atoms with van der Waals surface area (Å²) in [6, 6.07) is 13.5. The lowest BCUT2D eigenvalue weighted by Crippen LogP contribution is -2.39. The average Bonchev–Trinajstić information content (AvgIpc) is 3.22. The van der Waals surface area contributed by atoms with Crippen molar-refractivity contribution in [3.8, 4) is 11.5 Å². The number of anilines is 1. The number of hydrogen-bond donors (Lipinski definition) is 0. The Kier molecular flexibility index (Phi) is 4.15. The van der Waals surface area contributed by atoms with E-state index in [2.05, 4.69) is 0 Å². The number of ether oxygens (including phenoxy) is 3. The molecule has 4 rings (SSSR count). The molecule has 0 fully saturated rings. The zero-order valence-corrected chi connectivity index (χ0v) is 15.6. The molecule has 2 aliphatic heterocycles. The van der Waals surface area contributed by atoms with Crippen LogP contribution in [0.2, 0.25) is 0 Å². The Labute approximate surface area is 158 Å². The summed E-state index contributed by atoms with van der Waals surface area (Å²) in [5, 5.41) is 0. The first-order chi connectivity index (χ1) is 13.1. The fourth-order valence-electron chi connectivity index (χ4n) is 3.67. The summed E-state index contributed by atoms with van der Waals surface area (Å²) in [4.78, 5) is 15.0. The molecule has 2 aromatic rings. The van der Waals surface area contributed by atoms with Crippen LogP contribution in [0, 0.1) is 0 Å². The predicted molar refractivity (Wildman–Crippen MR) is 104 cm³/mol. The Morgan fingerprint density at radius 1 is 1.15 bits per heavy atom. The van der Waals surface area contributed by atoms with Crippen molar-refractivity contribution >= 4 is 17.7 Å². The van der Waals surface area contributed by atoms with Gasteiger partial charge in [0, 0.05) is 18.7 Å². The molecule has 1 spiro atoms. The van der Waals surface area contributed by atoms with Gasteiger partial charge in [-0.2, -0.15) is 0 Å². The predicted octanol–water partition coefficient (Wildman–Crippen LogP) is 3.89. The third kappa shape index (κ3) is 2.58. The smallest absolute Gasteiger partial charge is 0.280 e. The molecule has 0 N–H and O–H groups in total. The van der Waals surface area contributed by atoms with Crippen LogP contribution in [0.3, 0.4) is 0 Å². The molecule has 0 aliphatic carbocycles. The number of rotatable bonds is 4. The zero-order chi connectivity index (χ0) is 19.0. The minimum atomic E-state index is -1.20. The molecule has 138 valence electrons. The summed E-state index contributed by atoms with van der Waals surface area (Å²) in [5.41, 5.74) is 1.27. The van der Waals surface area contributed by atoms with Crippen LogP contribution in [0.25, 0.3) is 6.08 Å². The Morgan fingerprint density at radius 2 is 1.93 bits per heavy atom. The second kappa shape index (κ2) is 6.50. The molecule has 5 nitrogen and oxygen atoms in total. The summed E-state index contributed by atoms with van der Waals surface area (Å²) in [5.74, 6) is 1.71. The lowest BCUT2D eigenvalue weighted by Gasteiger charge is -2.23. The fraction of sp³-hybridized carbons (Fsp3) is 0.227. The van der Waals surface area contributed by atoms with Crippen LogP contribution in [0.5, 0.6) is 11.5 Å². The van der Waals surface area contributed by atoms with Crippen LogP contribution in [-0.2, 0) is 15.1 Å². The van der Waals surface area contributed by atoms with E-state index in [9.17, 15) is 4.79 Å². The lowest BCUT2D eigenvalue weighted by molar-refractivity contribution is -0.132. The van der Waals surface area contributed by atoms with Crippen molar-refractivity contribution in [3.05, 3.63) is 71.5 Å². The number of carbonyl (C=O) groups excluding carboxylic acids is 1. The summed E-state index contributed by atoms with van der Waals surface area (Å²) in [6.45, 7) is 2.46. The van der Waals surface area contributed by atoms with Crippen molar-refractivity contribution in [2.75, 3.05) is 25.7 Å². The van der Waals surface area contributed by atoms with Gasteiger partial charge in [0.05, 0.1) is 25.5 Å². The molecule has 1 atom stereocenters. The standard InChI is InChI=1S/C22H21NO4/c1-4-23-18-13-17(25-2)14-19(26-3)20(18)22(21(23)24)11-10-16(27-22)12-15-8-6-5-7-9-15/h5-14H,4H2,1-3H3/b16-12+. The Balaban J connectivity index is 1.83. The van der Waals surface area contributed by atoms with E-state index in [1.807, 2.05) is 61.5 Å². The molecule has 2 aromatic carbocycles. The molecular weight excluding hydrogens is 342 g/mol. The summed E-state index contributed by atoms with van der Waals surface area (Å²) >= 11 is 0. The van der Waals surface area contributed by atoms with Gasteiger partial charge in [0.1, 0.15) is 17.3 Å². The molecule has 0 radical (unpaired) electrons. The molecule has 27 heavy (non-hydrogen) atoms. The first kappa shape index (κ1) is 17.2. The first-order valence-electron chi connectivity index (χ1n) is 8.86. The number of nitrogens with zero attached hydrogens (tertiary/aromatic N) is 1. The Hall–Kier alpha value is -3.21. The highest BCUT2D eigenvalue weighted by atomic mass is 16.5. The SMILES string of the molecule is CCN1C(=O)C2(C=C/C(=C\c3ccccc3)O2)c2c(OC)cc(OC)cc21. The normalized spacial score (nSPS) is 21.7. The quantitative estimate of drug-likeness (QED) is 0.827. The van der Waals surface area contributed by atoms with Crippen LogP contribution in [0.15, 0.2) is 60.4 Å². The molecule has 5 heteroatoms. The molecule has 0 saturated carbocycles. The second-order valence-electron chi connectivity index (χ2n) is 6.40. The molecule has 0 bridgehead atoms. The van der Waals surface area contributed by atoms with Gasteiger partial charge < -0.3 is 19.1 Å². The van der Waals surface area contributed by atoms with Gasteiger partial charge in [-0.05, 0) is 30.7 Å². The number of methoxy groups -OCH3 is 2. The summed E-state index contributed by atoms with van der Waals surface area (Å²) in [6.07, 6.45) is 5.58. The number of amides is 1. The number of benzene rings is 2. The van der Waals surface area contributed by atoms with Crippen LogP contribution < -0.4 is 14.4 Å². The Bertz CT molecular complexity index is 948. The molecule has 1 amide bonds. The van der Waals surface area contributed by atoms with Crippen molar-refractivity contribution in [3.63, 3.8) is 0 Å². The van der Waals surface area contributed by atoms with E-state index in [1.54, 1.807) is 25.2 Å². The summed E-state index contributed by atoms with van der Waals surface area (Å²) in [7, 11) is 3.18. The van der Waals surface area contributed by atoms with E-state index in [1.165, 1.54) is 0 Å². The van der Waals surface area contributed by atoms with Crippen molar-refractivity contribution in [2.45, 2.75) is 12.5 Å². The van der Waals surface area contributed by atoms with Crippen molar-refractivity contribution in [2.24, 2.45) is 0 Å². The average molecular weight is 363 g/mol. The van der Waals surface area contributed by atoms with Crippen LogP contribution >= 0.6 is 0 Å². The van der Waals surface area contributed by atoms with Crippen LogP contribution in [0.4, 0.5) is 5.69 Å². The highest BCUT2D eigenvalue weighted by Crippen LogP contribution is 2.53. The molecular formula is C22H21NO4. The largest absolute Gasteiger partial charge is 0.497 e. The minimum Gasteiger partial charge on any atom is -0.497 e. The van der Waals surface area contributed by atoms with Gasteiger partial charge in [-0.3, -0.25) is 4.79 Å². The monoisotopic (exact) mass is 363 g/mol. The van der Waals surface area contributed by atoms with Crippen LogP contribution in [0.1, 0.15) is 18.1 Å². The fourth-order valence-corrected chi connectivity index (χ4v) is 3.67. The number of likely N-dealkylation sites (N-methyl/N-ethyl adjacent to an activating group) is 1. The van der Waals surface area contributed by atoms with Crippen molar-refractivity contribution < 1.29 is 19.0 Å². The maximum atomic E-state index is 13.3. The third-order valence-corrected chi connectivity index (χ3v) is 4.92. The van der Waals surface area contributed by atoms with Gasteiger partial charge in [-0.1, -0.05) is 30.3 Å². The third-order valence-electron chi connectivity index (χ3n) is 4.92. The zero-order valence-electron chi connectivity index (χ0n) is 15.6. The van der Waals surface area contributed by atoms with Crippen molar-refractivity contribution in [1.82, 2.24) is 0 Å². The van der Waals surface area contributed by atoms with E-state index in [4.69, 9.17) is 14.2 Å². The minimum absolute atomic E-state index is 0.126. The Morgan fingerprint density at radius 3 is 2.59 bits per heavy atom. The van der Waals surface area contributed by atoms with E-state index in [-0.39, 0.29) is 5.91 Å². The number of fused-ring (bicyclic) bond motifs is 2. The van der Waals surface area contributed by atoms with E-state index in [0.29, 0.717) is 29.4 Å². The van der Waals surface area contributed by atoms with Gasteiger partial charge in [-0.15, -0.1) is 0 Å². The van der Waals surface area contributed by atoms with E-state index < -0.39 is 5.60 Å². The molecule has 0 aromatic heterocycles. The van der Waals surface area contributed by atoms with Gasteiger partial charge in [0.15, 0.2) is 0 Å². The first-order valence-corrected chi connectivity index (χ1v) is 8.86. The molecule has 1 unspecified atom stereocenters. The maximum absolute atomic E-state index is 13.3. The van der Waals surface area contributed by atoms with Gasteiger partial charge in [0.2, 0.25) is 5.60 Å². The van der Waals surface area contributed by atoms with E-state index in [0.717, 1.165) is 11.3 Å². The number of allylic oxidation sites excluding steroid dienone is 1. The lowest BCUT2D eigenvalue weighted by atomic mass is 9.94. The van der Waals surface area contributed by atoms with Gasteiger partial charge >= 0.3 is 0 Å². The highest BCUT2D eigenvalue weighted by molar-refractivity contribution is 6.10. The number of carbonyl (C=O) groups is 1. The second-order valence-corrected chi connectivity index (χ2v) is 6.40. The maximum Gasteiger partial charge on any atom is 0.280 e.